The smallest absolute Gasteiger partial charge is 0.335 e. The summed E-state index contributed by atoms with van der Waals surface area (Å²) in [4.78, 5) is 10.0. The maximum Gasteiger partial charge on any atom is 0.335 e. The molecule has 0 radical (unpaired) electrons. The van der Waals surface area contributed by atoms with E-state index in [1.165, 1.54) is 6.92 Å². The van der Waals surface area contributed by atoms with Crippen molar-refractivity contribution in [3.63, 3.8) is 0 Å². The highest BCUT2D eigenvalue weighted by Crippen LogP contribution is 2.19. The number of primary sulfonamides is 1. The Hall–Kier alpha value is -1.47. The van der Waals surface area contributed by atoms with E-state index in [0.717, 1.165) is 12.1 Å². The number of nitrogens with two attached hydrogens (primary N) is 1. The van der Waals surface area contributed by atoms with Crippen LogP contribution in [0.5, 0.6) is 0 Å². The van der Waals surface area contributed by atoms with Crippen molar-refractivity contribution in [2.75, 3.05) is 0 Å². The SMILES string of the molecule is Cc1c(F)cc(C(=O)O)cc1S(N)(=O)=O. The standard InChI is InChI=1S/C8H8FNO4S/c1-4-6(9)2-5(8(11)12)3-7(4)15(10,13)14/h2-3H,1H3,(H,11,12)(H2,10,13,14). The average Bonchev–Trinajstić information content (AvgIpc) is 2.06. The summed E-state index contributed by atoms with van der Waals surface area (Å²) >= 11 is 0. The molecule has 1 aromatic rings. The van der Waals surface area contributed by atoms with Crippen molar-refractivity contribution in [1.29, 1.82) is 0 Å². The number of sulfonamides is 1. The van der Waals surface area contributed by atoms with Crippen LogP contribution in [0.4, 0.5) is 4.39 Å². The number of hydrogen-bond acceptors (Lipinski definition) is 3. The van der Waals surface area contributed by atoms with Gasteiger partial charge in [0.2, 0.25) is 10.0 Å². The summed E-state index contributed by atoms with van der Waals surface area (Å²) in [5.41, 5.74) is -0.648. The topological polar surface area (TPSA) is 97.5 Å². The summed E-state index contributed by atoms with van der Waals surface area (Å²) in [6, 6.07) is 1.57. The molecule has 0 aliphatic carbocycles. The van der Waals surface area contributed by atoms with Crippen molar-refractivity contribution in [2.45, 2.75) is 11.8 Å². The molecular formula is C8H8FNO4S. The Morgan fingerprint density at radius 1 is 1.47 bits per heavy atom. The summed E-state index contributed by atoms with van der Waals surface area (Å²) < 4.78 is 35.1. The molecule has 0 atom stereocenters. The lowest BCUT2D eigenvalue weighted by molar-refractivity contribution is 0.0696. The minimum atomic E-state index is -4.12. The van der Waals surface area contributed by atoms with Gasteiger partial charge >= 0.3 is 5.97 Å². The third-order valence-electron chi connectivity index (χ3n) is 1.85. The van der Waals surface area contributed by atoms with Gasteiger partial charge in [-0.1, -0.05) is 0 Å². The van der Waals surface area contributed by atoms with Crippen LogP contribution >= 0.6 is 0 Å². The van der Waals surface area contributed by atoms with E-state index in [1.54, 1.807) is 0 Å². The first-order chi connectivity index (χ1) is 6.73. The van der Waals surface area contributed by atoms with Gasteiger partial charge in [0, 0.05) is 5.56 Å². The lowest BCUT2D eigenvalue weighted by atomic mass is 10.1. The van der Waals surface area contributed by atoms with Gasteiger partial charge in [-0.15, -0.1) is 0 Å². The summed E-state index contributed by atoms with van der Waals surface area (Å²) in [6.45, 7) is 1.21. The van der Waals surface area contributed by atoms with Gasteiger partial charge in [-0.25, -0.2) is 22.7 Å². The average molecular weight is 233 g/mol. The second-order valence-corrected chi connectivity index (χ2v) is 4.46. The van der Waals surface area contributed by atoms with Crippen LogP contribution in [0.3, 0.4) is 0 Å². The predicted octanol–water partition coefficient (Wildman–Crippen LogP) is 0.480. The van der Waals surface area contributed by atoms with E-state index in [9.17, 15) is 17.6 Å². The van der Waals surface area contributed by atoms with Gasteiger partial charge in [0.25, 0.3) is 0 Å². The van der Waals surface area contributed by atoms with Crippen LogP contribution in [0.25, 0.3) is 0 Å². The van der Waals surface area contributed by atoms with Crippen LogP contribution in [0.15, 0.2) is 17.0 Å². The van der Waals surface area contributed by atoms with E-state index in [4.69, 9.17) is 10.2 Å². The van der Waals surface area contributed by atoms with Crippen LogP contribution in [-0.2, 0) is 10.0 Å². The molecule has 0 saturated heterocycles. The summed E-state index contributed by atoms with van der Waals surface area (Å²) in [7, 11) is -4.12. The third kappa shape index (κ3) is 2.31. The number of aromatic carboxylic acids is 1. The molecule has 0 aliphatic heterocycles. The van der Waals surface area contributed by atoms with E-state index in [2.05, 4.69) is 0 Å². The van der Waals surface area contributed by atoms with Crippen LogP contribution in [0, 0.1) is 12.7 Å². The quantitative estimate of drug-likeness (QED) is 0.776. The highest BCUT2D eigenvalue weighted by atomic mass is 32.2. The lowest BCUT2D eigenvalue weighted by Gasteiger charge is -2.05. The highest BCUT2D eigenvalue weighted by Gasteiger charge is 2.18. The number of halogens is 1. The van der Waals surface area contributed by atoms with E-state index in [1.807, 2.05) is 0 Å². The molecule has 1 rings (SSSR count). The van der Waals surface area contributed by atoms with Crippen molar-refractivity contribution in [2.24, 2.45) is 5.14 Å². The first-order valence-corrected chi connectivity index (χ1v) is 5.34. The van der Waals surface area contributed by atoms with Gasteiger partial charge in [0.05, 0.1) is 10.5 Å². The molecule has 0 spiro atoms. The first-order valence-electron chi connectivity index (χ1n) is 3.79. The highest BCUT2D eigenvalue weighted by molar-refractivity contribution is 7.89. The number of carboxylic acids is 1. The zero-order chi connectivity index (χ0) is 11.8. The van der Waals surface area contributed by atoms with Gasteiger partial charge in [-0.05, 0) is 19.1 Å². The van der Waals surface area contributed by atoms with E-state index >= 15 is 0 Å². The summed E-state index contributed by atoms with van der Waals surface area (Å²) in [6.07, 6.45) is 0. The Kier molecular flexibility index (Phi) is 2.78. The Bertz CT molecular complexity index is 524. The van der Waals surface area contributed by atoms with E-state index < -0.39 is 32.3 Å². The number of hydrogen-bond donors (Lipinski definition) is 2. The van der Waals surface area contributed by atoms with Gasteiger partial charge in [-0.3, -0.25) is 0 Å². The molecule has 15 heavy (non-hydrogen) atoms. The number of benzene rings is 1. The molecule has 0 heterocycles. The summed E-state index contributed by atoms with van der Waals surface area (Å²) in [5, 5.41) is 13.4. The van der Waals surface area contributed by atoms with Crippen LogP contribution in [0.1, 0.15) is 15.9 Å². The van der Waals surface area contributed by atoms with E-state index in [-0.39, 0.29) is 5.56 Å². The largest absolute Gasteiger partial charge is 0.478 e. The Morgan fingerprint density at radius 2 is 2.00 bits per heavy atom. The van der Waals surface area contributed by atoms with Gasteiger partial charge in [0.15, 0.2) is 0 Å². The fraction of sp³-hybridized carbons (Fsp3) is 0.125. The molecule has 0 fully saturated rings. The zero-order valence-electron chi connectivity index (χ0n) is 7.69. The molecule has 5 nitrogen and oxygen atoms in total. The van der Waals surface area contributed by atoms with Crippen molar-refractivity contribution in [3.8, 4) is 0 Å². The molecule has 0 unspecified atom stereocenters. The fourth-order valence-electron chi connectivity index (χ4n) is 1.07. The normalized spacial score (nSPS) is 11.4. The van der Waals surface area contributed by atoms with Gasteiger partial charge in [0.1, 0.15) is 5.82 Å². The van der Waals surface area contributed by atoms with Crippen LogP contribution in [-0.4, -0.2) is 19.5 Å². The third-order valence-corrected chi connectivity index (χ3v) is 2.89. The van der Waals surface area contributed by atoms with Crippen LogP contribution in [0.2, 0.25) is 0 Å². The summed E-state index contributed by atoms with van der Waals surface area (Å²) in [5.74, 6) is -2.34. The monoisotopic (exact) mass is 233 g/mol. The van der Waals surface area contributed by atoms with Crippen molar-refractivity contribution >= 4 is 16.0 Å². The molecule has 0 amide bonds. The Balaban J connectivity index is 3.59. The molecule has 0 aromatic heterocycles. The van der Waals surface area contributed by atoms with Crippen molar-refractivity contribution in [3.05, 3.63) is 29.1 Å². The molecule has 82 valence electrons. The second kappa shape index (κ2) is 3.59. The lowest BCUT2D eigenvalue weighted by Crippen LogP contribution is -2.15. The molecular weight excluding hydrogens is 225 g/mol. The zero-order valence-corrected chi connectivity index (χ0v) is 8.51. The van der Waals surface area contributed by atoms with E-state index in [0.29, 0.717) is 0 Å². The van der Waals surface area contributed by atoms with Crippen molar-refractivity contribution < 1.29 is 22.7 Å². The number of rotatable bonds is 2. The molecule has 3 N–H and O–H groups in total. The maximum atomic E-state index is 13.1. The Morgan fingerprint density at radius 3 is 2.40 bits per heavy atom. The predicted molar refractivity (Wildman–Crippen MR) is 49.5 cm³/mol. The first kappa shape index (κ1) is 11.6. The fourth-order valence-corrected chi connectivity index (χ4v) is 1.89. The molecule has 7 heteroatoms. The molecule has 1 aromatic carbocycles. The maximum absolute atomic E-state index is 13.1. The minimum absolute atomic E-state index is 0.192. The molecule has 0 bridgehead atoms. The Labute approximate surface area is 85.4 Å². The van der Waals surface area contributed by atoms with Crippen molar-refractivity contribution in [1.82, 2.24) is 0 Å². The minimum Gasteiger partial charge on any atom is -0.478 e. The van der Waals surface area contributed by atoms with Gasteiger partial charge < -0.3 is 5.11 Å². The second-order valence-electron chi connectivity index (χ2n) is 2.93. The number of carbonyl (C=O) groups is 1. The molecule has 0 saturated carbocycles. The van der Waals surface area contributed by atoms with Gasteiger partial charge in [-0.2, -0.15) is 0 Å². The number of carboxylic acid groups (broad SMARTS) is 1. The molecule has 0 aliphatic rings. The van der Waals surface area contributed by atoms with Crippen LogP contribution < -0.4 is 5.14 Å².